The summed E-state index contributed by atoms with van der Waals surface area (Å²) in [4.78, 5) is 12.6. The molecule has 0 saturated heterocycles. The molecule has 0 aliphatic carbocycles. The smallest absolute Gasteiger partial charge is 0.141 e. The second kappa shape index (κ2) is 6.86. The molecular weight excluding hydrogens is 380 g/mol. The Morgan fingerprint density at radius 3 is 2.40 bits per heavy atom. The van der Waals surface area contributed by atoms with Crippen LogP contribution in [0.25, 0.3) is 10.9 Å². The molecule has 0 saturated carbocycles. The van der Waals surface area contributed by atoms with Gasteiger partial charge in [-0.15, -0.1) is 0 Å². The van der Waals surface area contributed by atoms with Gasteiger partial charge in [-0.3, -0.25) is 4.98 Å². The fourth-order valence-corrected chi connectivity index (χ4v) is 2.77. The Kier molecular flexibility index (Phi) is 4.26. The Hall–Kier alpha value is -2.99. The summed E-state index contributed by atoms with van der Waals surface area (Å²) in [6.45, 7) is 0. The third-order valence-electron chi connectivity index (χ3n) is 3.60. The molecule has 25 heavy (non-hydrogen) atoms. The maximum atomic E-state index is 5.77. The van der Waals surface area contributed by atoms with Crippen molar-refractivity contribution in [1.82, 2.24) is 15.0 Å². The topological polar surface area (TPSA) is 59.9 Å². The first-order valence-corrected chi connectivity index (χ1v) is 8.42. The summed E-state index contributed by atoms with van der Waals surface area (Å²) in [7, 11) is 0. The first-order valence-electron chi connectivity index (χ1n) is 7.63. The highest BCUT2D eigenvalue weighted by Gasteiger charge is 2.05. The van der Waals surface area contributed by atoms with Crippen molar-refractivity contribution in [3.8, 4) is 11.5 Å². The van der Waals surface area contributed by atoms with E-state index in [-0.39, 0.29) is 0 Å². The van der Waals surface area contributed by atoms with Crippen LogP contribution in [0, 0.1) is 0 Å². The summed E-state index contributed by atoms with van der Waals surface area (Å²) in [5.74, 6) is 2.27. The van der Waals surface area contributed by atoms with Gasteiger partial charge in [-0.2, -0.15) is 0 Å². The molecule has 0 aliphatic heterocycles. The van der Waals surface area contributed by atoms with Crippen LogP contribution in [0.3, 0.4) is 0 Å². The first-order chi connectivity index (χ1) is 12.3. The fourth-order valence-electron chi connectivity index (χ4n) is 2.41. The molecule has 5 nitrogen and oxygen atoms in total. The van der Waals surface area contributed by atoms with Gasteiger partial charge in [0.1, 0.15) is 23.6 Å². The summed E-state index contributed by atoms with van der Waals surface area (Å²) >= 11 is 3.49. The summed E-state index contributed by atoms with van der Waals surface area (Å²) in [5, 5.41) is 4.28. The lowest BCUT2D eigenvalue weighted by atomic mass is 10.2. The van der Waals surface area contributed by atoms with Crippen molar-refractivity contribution in [2.45, 2.75) is 0 Å². The molecule has 2 aromatic heterocycles. The van der Waals surface area contributed by atoms with Crippen LogP contribution in [0.15, 0.2) is 77.8 Å². The van der Waals surface area contributed by atoms with Crippen molar-refractivity contribution in [3.05, 3.63) is 77.8 Å². The van der Waals surface area contributed by atoms with Crippen molar-refractivity contribution in [1.29, 1.82) is 0 Å². The quantitative estimate of drug-likeness (QED) is 0.508. The molecule has 2 heterocycles. The number of nitrogens with one attached hydrogen (secondary N) is 1. The maximum absolute atomic E-state index is 5.77. The van der Waals surface area contributed by atoms with Crippen LogP contribution in [-0.4, -0.2) is 15.0 Å². The average Bonchev–Trinajstić information content (AvgIpc) is 2.65. The molecule has 0 amide bonds. The number of fused-ring (bicyclic) bond motifs is 1. The normalized spacial score (nSPS) is 10.6. The van der Waals surface area contributed by atoms with Crippen molar-refractivity contribution >= 4 is 38.3 Å². The van der Waals surface area contributed by atoms with Crippen LogP contribution in [0.4, 0.5) is 11.5 Å². The Morgan fingerprint density at radius 2 is 1.60 bits per heavy atom. The van der Waals surface area contributed by atoms with E-state index in [9.17, 15) is 0 Å². The number of hydrogen-bond donors (Lipinski definition) is 1. The number of pyridine rings is 1. The van der Waals surface area contributed by atoms with Crippen LogP contribution in [0.2, 0.25) is 0 Å². The van der Waals surface area contributed by atoms with Crippen molar-refractivity contribution in [3.63, 3.8) is 0 Å². The van der Waals surface area contributed by atoms with E-state index in [0.717, 1.165) is 38.4 Å². The molecule has 6 heteroatoms. The van der Waals surface area contributed by atoms with Crippen LogP contribution < -0.4 is 10.1 Å². The number of anilines is 2. The largest absolute Gasteiger partial charge is 0.457 e. The number of halogens is 1. The van der Waals surface area contributed by atoms with E-state index < -0.39 is 0 Å². The highest BCUT2D eigenvalue weighted by molar-refractivity contribution is 9.10. The van der Waals surface area contributed by atoms with Crippen LogP contribution in [0.1, 0.15) is 0 Å². The van der Waals surface area contributed by atoms with Gasteiger partial charge < -0.3 is 10.1 Å². The molecule has 4 rings (SSSR count). The lowest BCUT2D eigenvalue weighted by molar-refractivity contribution is 0.482. The number of rotatable bonds is 4. The molecule has 0 fully saturated rings. The van der Waals surface area contributed by atoms with E-state index in [1.165, 1.54) is 0 Å². The maximum Gasteiger partial charge on any atom is 0.141 e. The molecule has 0 spiro atoms. The van der Waals surface area contributed by atoms with Gasteiger partial charge in [0.05, 0.1) is 5.52 Å². The summed E-state index contributed by atoms with van der Waals surface area (Å²) in [6.07, 6.45) is 4.95. The lowest BCUT2D eigenvalue weighted by Gasteiger charge is -2.10. The van der Waals surface area contributed by atoms with Gasteiger partial charge in [-0.25, -0.2) is 9.97 Å². The number of nitrogens with zero attached hydrogens (tertiary/aromatic N) is 3. The van der Waals surface area contributed by atoms with Crippen molar-refractivity contribution in [2.75, 3.05) is 5.32 Å². The molecule has 0 bridgehead atoms. The minimum Gasteiger partial charge on any atom is -0.457 e. The SMILES string of the molecule is Brc1ccc2ncnc(Nc3ccc(Oc4ccncc4)cc3)c2c1. The summed E-state index contributed by atoms with van der Waals surface area (Å²) in [6, 6.07) is 17.3. The van der Waals surface area contributed by atoms with Crippen LogP contribution >= 0.6 is 15.9 Å². The number of aromatic nitrogens is 3. The average molecular weight is 393 g/mol. The van der Waals surface area contributed by atoms with E-state index in [0.29, 0.717) is 0 Å². The molecular formula is C19H13BrN4O. The van der Waals surface area contributed by atoms with E-state index in [4.69, 9.17) is 4.74 Å². The highest BCUT2D eigenvalue weighted by Crippen LogP contribution is 2.27. The predicted octanol–water partition coefficient (Wildman–Crippen LogP) is 5.32. The second-order valence-electron chi connectivity index (χ2n) is 5.32. The van der Waals surface area contributed by atoms with Crippen LogP contribution in [-0.2, 0) is 0 Å². The number of benzene rings is 2. The lowest BCUT2D eigenvalue weighted by Crippen LogP contribution is -1.96. The van der Waals surface area contributed by atoms with Gasteiger partial charge in [0.15, 0.2) is 0 Å². The second-order valence-corrected chi connectivity index (χ2v) is 6.23. The molecule has 4 aromatic rings. The van der Waals surface area contributed by atoms with Crippen molar-refractivity contribution < 1.29 is 4.74 Å². The van der Waals surface area contributed by atoms with Gasteiger partial charge in [-0.05, 0) is 54.6 Å². The Labute approximate surface area is 152 Å². The van der Waals surface area contributed by atoms with E-state index >= 15 is 0 Å². The zero-order valence-corrected chi connectivity index (χ0v) is 14.6. The summed E-state index contributed by atoms with van der Waals surface area (Å²) < 4.78 is 6.76. The van der Waals surface area contributed by atoms with E-state index in [2.05, 4.69) is 36.2 Å². The standard InChI is InChI=1S/C19H13BrN4O/c20-13-1-6-18-17(11-13)19(23-12-22-18)24-14-2-4-15(5-3-14)25-16-7-9-21-10-8-16/h1-12H,(H,22,23,24). The first kappa shape index (κ1) is 15.5. The third kappa shape index (κ3) is 3.59. The molecule has 2 aromatic carbocycles. The molecule has 0 unspecified atom stereocenters. The molecule has 0 radical (unpaired) electrons. The molecule has 0 aliphatic rings. The zero-order chi connectivity index (χ0) is 17.1. The van der Waals surface area contributed by atoms with Gasteiger partial charge in [0.2, 0.25) is 0 Å². The van der Waals surface area contributed by atoms with Gasteiger partial charge in [0, 0.05) is 27.9 Å². The van der Waals surface area contributed by atoms with Crippen molar-refractivity contribution in [2.24, 2.45) is 0 Å². The highest BCUT2D eigenvalue weighted by atomic mass is 79.9. The number of ether oxygens (including phenoxy) is 1. The minimum absolute atomic E-state index is 0.752. The van der Waals surface area contributed by atoms with E-state index in [1.54, 1.807) is 18.7 Å². The van der Waals surface area contributed by atoms with Gasteiger partial charge in [-0.1, -0.05) is 15.9 Å². The summed E-state index contributed by atoms with van der Waals surface area (Å²) in [5.41, 5.74) is 1.81. The molecule has 1 N–H and O–H groups in total. The number of hydrogen-bond acceptors (Lipinski definition) is 5. The van der Waals surface area contributed by atoms with E-state index in [1.807, 2.05) is 54.6 Å². The van der Waals surface area contributed by atoms with Gasteiger partial charge >= 0.3 is 0 Å². The zero-order valence-electron chi connectivity index (χ0n) is 13.1. The van der Waals surface area contributed by atoms with Gasteiger partial charge in [0.25, 0.3) is 0 Å². The monoisotopic (exact) mass is 392 g/mol. The Bertz CT molecular complexity index is 1010. The molecule has 122 valence electrons. The van der Waals surface area contributed by atoms with Crippen LogP contribution in [0.5, 0.6) is 11.5 Å². The predicted molar refractivity (Wildman–Crippen MR) is 101 cm³/mol. The minimum atomic E-state index is 0.752. The Balaban J connectivity index is 1.56. The fraction of sp³-hybridized carbons (Fsp3) is 0. The Morgan fingerprint density at radius 1 is 0.840 bits per heavy atom. The third-order valence-corrected chi connectivity index (χ3v) is 4.09. The molecule has 0 atom stereocenters.